The molecule has 1 heterocycles. The number of rotatable bonds is 9. The van der Waals surface area contributed by atoms with Gasteiger partial charge in [0.05, 0.1) is 0 Å². The predicted molar refractivity (Wildman–Crippen MR) is 106 cm³/mol. The first kappa shape index (κ1) is 17.9. The van der Waals surface area contributed by atoms with E-state index in [0.29, 0.717) is 0 Å². The largest absolute Gasteiger partial charge is 0.358 e. The lowest BCUT2D eigenvalue weighted by molar-refractivity contribution is 0.403. The van der Waals surface area contributed by atoms with Crippen molar-refractivity contribution in [1.82, 2.24) is 4.98 Å². The van der Waals surface area contributed by atoms with E-state index in [2.05, 4.69) is 24.0 Å². The highest BCUT2D eigenvalue weighted by molar-refractivity contribution is 6.31. The number of aromatic amines is 1. The van der Waals surface area contributed by atoms with Crippen molar-refractivity contribution >= 4 is 22.5 Å². The van der Waals surface area contributed by atoms with Crippen LogP contribution in [-0.4, -0.2) is 4.98 Å². The van der Waals surface area contributed by atoms with Crippen LogP contribution in [0.3, 0.4) is 0 Å². The van der Waals surface area contributed by atoms with E-state index >= 15 is 0 Å². The van der Waals surface area contributed by atoms with Gasteiger partial charge in [-0.1, -0.05) is 76.3 Å². The van der Waals surface area contributed by atoms with Crippen molar-refractivity contribution < 1.29 is 0 Å². The molecule has 2 aromatic rings. The molecule has 1 N–H and O–H groups in total. The Kier molecular flexibility index (Phi) is 6.66. The Bertz CT molecular complexity index is 643. The summed E-state index contributed by atoms with van der Waals surface area (Å²) in [4.78, 5) is 3.61. The lowest BCUT2D eigenvalue weighted by Crippen LogP contribution is -2.13. The summed E-state index contributed by atoms with van der Waals surface area (Å²) < 4.78 is 0. The second kappa shape index (κ2) is 8.94. The van der Waals surface area contributed by atoms with Crippen LogP contribution in [0.15, 0.2) is 18.2 Å². The lowest BCUT2D eigenvalue weighted by atomic mass is 9.83. The molecule has 0 spiro atoms. The Morgan fingerprint density at radius 3 is 2.58 bits per heavy atom. The summed E-state index contributed by atoms with van der Waals surface area (Å²) in [5.41, 5.74) is 4.26. The number of H-pyrrole nitrogens is 1. The minimum atomic E-state index is 0.856. The zero-order valence-corrected chi connectivity index (χ0v) is 15.9. The van der Waals surface area contributed by atoms with Gasteiger partial charge in [0.15, 0.2) is 0 Å². The fourth-order valence-corrected chi connectivity index (χ4v) is 4.45. The Morgan fingerprint density at radius 1 is 1.04 bits per heavy atom. The molecule has 0 radical (unpaired) electrons. The number of benzene rings is 1. The van der Waals surface area contributed by atoms with Gasteiger partial charge < -0.3 is 4.98 Å². The standard InChI is InChI=1S/C22H32ClN/c1-2-3-4-5-6-7-8-9-10-17-11-13-21-19(15-17)20-16-18(23)12-14-22(20)24-21/h12,14,16-17,24H,2-11,13,15H2,1H3. The van der Waals surface area contributed by atoms with E-state index in [1.165, 1.54) is 93.6 Å². The number of nitrogens with one attached hydrogen (secondary N) is 1. The first-order valence-electron chi connectivity index (χ1n) is 10.1. The van der Waals surface area contributed by atoms with Gasteiger partial charge in [-0.05, 0) is 48.9 Å². The third kappa shape index (κ3) is 4.57. The van der Waals surface area contributed by atoms with E-state index in [9.17, 15) is 0 Å². The molecule has 1 aliphatic carbocycles. The van der Waals surface area contributed by atoms with E-state index in [1.807, 2.05) is 6.07 Å². The molecule has 0 aliphatic heterocycles. The molecule has 0 amide bonds. The molecule has 1 nitrogen and oxygen atoms in total. The quantitative estimate of drug-likeness (QED) is 0.454. The van der Waals surface area contributed by atoms with Crippen molar-refractivity contribution in [2.24, 2.45) is 5.92 Å². The minimum absolute atomic E-state index is 0.856. The SMILES string of the molecule is CCCCCCCCCCC1CCc2[nH]c3ccc(Cl)cc3c2C1. The molecule has 2 heteroatoms. The zero-order valence-electron chi connectivity index (χ0n) is 15.2. The molecule has 24 heavy (non-hydrogen) atoms. The van der Waals surface area contributed by atoms with Crippen molar-refractivity contribution in [2.75, 3.05) is 0 Å². The van der Waals surface area contributed by atoms with Crippen LogP contribution in [0.2, 0.25) is 5.02 Å². The van der Waals surface area contributed by atoms with Crippen LogP contribution in [0.4, 0.5) is 0 Å². The first-order chi connectivity index (χ1) is 11.8. The molecule has 1 atom stereocenters. The number of unbranched alkanes of at least 4 members (excludes halogenated alkanes) is 7. The van der Waals surface area contributed by atoms with Gasteiger partial charge >= 0.3 is 0 Å². The molecule has 0 fully saturated rings. The Balaban J connectivity index is 1.44. The smallest absolute Gasteiger partial charge is 0.0460 e. The van der Waals surface area contributed by atoms with Crippen LogP contribution >= 0.6 is 11.6 Å². The topological polar surface area (TPSA) is 15.8 Å². The summed E-state index contributed by atoms with van der Waals surface area (Å²) in [5.74, 6) is 0.871. The van der Waals surface area contributed by atoms with E-state index in [4.69, 9.17) is 11.6 Å². The fourth-order valence-electron chi connectivity index (χ4n) is 4.27. The highest BCUT2D eigenvalue weighted by Crippen LogP contribution is 2.34. The summed E-state index contributed by atoms with van der Waals surface area (Å²) in [7, 11) is 0. The Morgan fingerprint density at radius 2 is 1.79 bits per heavy atom. The average molecular weight is 346 g/mol. The summed E-state index contributed by atoms with van der Waals surface area (Å²) in [6.07, 6.45) is 16.6. The fraction of sp³-hybridized carbons (Fsp3) is 0.636. The van der Waals surface area contributed by atoms with Crippen molar-refractivity contribution in [3.05, 3.63) is 34.5 Å². The lowest BCUT2D eigenvalue weighted by Gasteiger charge is -2.22. The minimum Gasteiger partial charge on any atom is -0.358 e. The molecule has 0 saturated carbocycles. The normalized spacial score (nSPS) is 17.3. The number of hydrogen-bond acceptors (Lipinski definition) is 0. The van der Waals surface area contributed by atoms with Crippen molar-refractivity contribution in [3.63, 3.8) is 0 Å². The van der Waals surface area contributed by atoms with Crippen molar-refractivity contribution in [1.29, 1.82) is 0 Å². The van der Waals surface area contributed by atoms with Crippen LogP contribution in [0, 0.1) is 5.92 Å². The van der Waals surface area contributed by atoms with Gasteiger partial charge in [0.25, 0.3) is 0 Å². The van der Waals surface area contributed by atoms with Gasteiger partial charge in [-0.2, -0.15) is 0 Å². The molecular formula is C22H32ClN. The molecule has 1 aliphatic rings. The number of hydrogen-bond donors (Lipinski definition) is 1. The highest BCUT2D eigenvalue weighted by atomic mass is 35.5. The monoisotopic (exact) mass is 345 g/mol. The molecule has 1 aromatic carbocycles. The van der Waals surface area contributed by atoms with Crippen LogP contribution in [0.1, 0.15) is 82.4 Å². The second-order valence-electron chi connectivity index (χ2n) is 7.64. The van der Waals surface area contributed by atoms with Crippen molar-refractivity contribution in [3.8, 4) is 0 Å². The predicted octanol–water partition coefficient (Wildman–Crippen LogP) is 7.46. The summed E-state index contributed by atoms with van der Waals surface area (Å²) in [6.45, 7) is 2.29. The maximum Gasteiger partial charge on any atom is 0.0460 e. The second-order valence-corrected chi connectivity index (χ2v) is 8.08. The van der Waals surface area contributed by atoms with Crippen LogP contribution < -0.4 is 0 Å². The Hall–Kier alpha value is -0.950. The number of halogens is 1. The average Bonchev–Trinajstić information content (AvgIpc) is 2.94. The highest BCUT2D eigenvalue weighted by Gasteiger charge is 2.22. The number of aryl methyl sites for hydroxylation is 1. The maximum atomic E-state index is 6.20. The van der Waals surface area contributed by atoms with E-state index in [1.54, 1.807) is 5.56 Å². The molecule has 132 valence electrons. The van der Waals surface area contributed by atoms with Crippen LogP contribution in [-0.2, 0) is 12.8 Å². The van der Waals surface area contributed by atoms with E-state index in [0.717, 1.165) is 10.9 Å². The van der Waals surface area contributed by atoms with Gasteiger partial charge in [-0.15, -0.1) is 0 Å². The third-order valence-corrected chi connectivity index (χ3v) is 5.95. The first-order valence-corrected chi connectivity index (χ1v) is 10.4. The number of fused-ring (bicyclic) bond motifs is 3. The van der Waals surface area contributed by atoms with Crippen LogP contribution in [0.25, 0.3) is 10.9 Å². The van der Waals surface area contributed by atoms with Gasteiger partial charge in [-0.25, -0.2) is 0 Å². The third-order valence-electron chi connectivity index (χ3n) is 5.72. The number of aromatic nitrogens is 1. The zero-order chi connectivity index (χ0) is 16.8. The van der Waals surface area contributed by atoms with Crippen molar-refractivity contribution in [2.45, 2.75) is 84.0 Å². The summed E-state index contributed by atoms with van der Waals surface area (Å²) in [6, 6.07) is 6.26. The molecule has 1 unspecified atom stereocenters. The van der Waals surface area contributed by atoms with Gasteiger partial charge in [0.2, 0.25) is 0 Å². The van der Waals surface area contributed by atoms with E-state index in [-0.39, 0.29) is 0 Å². The summed E-state index contributed by atoms with van der Waals surface area (Å²) in [5, 5.41) is 2.22. The molecule has 3 rings (SSSR count). The summed E-state index contributed by atoms with van der Waals surface area (Å²) >= 11 is 6.20. The molecule has 0 saturated heterocycles. The van der Waals surface area contributed by atoms with Crippen LogP contribution in [0.5, 0.6) is 0 Å². The van der Waals surface area contributed by atoms with E-state index < -0.39 is 0 Å². The molecular weight excluding hydrogens is 314 g/mol. The molecule has 0 bridgehead atoms. The Labute approximate surface area is 152 Å². The molecule has 1 aromatic heterocycles. The van der Waals surface area contributed by atoms with Gasteiger partial charge in [-0.3, -0.25) is 0 Å². The van der Waals surface area contributed by atoms with Gasteiger partial charge in [0, 0.05) is 21.6 Å². The van der Waals surface area contributed by atoms with Gasteiger partial charge in [0.1, 0.15) is 0 Å². The maximum absolute atomic E-state index is 6.20.